The first kappa shape index (κ1) is 22.6. The molecule has 7 atom stereocenters. The Balaban J connectivity index is 1.37. The first-order chi connectivity index (χ1) is 13.8. The van der Waals surface area contributed by atoms with E-state index in [-0.39, 0.29) is 22.5 Å². The predicted octanol–water partition coefficient (Wildman–Crippen LogP) is 3.47. The highest BCUT2D eigenvalue weighted by atomic mass is 35.5. The van der Waals surface area contributed by atoms with E-state index >= 15 is 0 Å². The number of aliphatic hydroxyl groups excluding tert-OH is 1. The summed E-state index contributed by atoms with van der Waals surface area (Å²) in [5, 5.41) is 10.9. The van der Waals surface area contributed by atoms with Gasteiger partial charge >= 0.3 is 0 Å². The van der Waals surface area contributed by atoms with E-state index in [9.17, 15) is 13.5 Å². The van der Waals surface area contributed by atoms with Crippen molar-refractivity contribution in [1.29, 1.82) is 0 Å². The smallest absolute Gasteiger partial charge is 0.214 e. The van der Waals surface area contributed by atoms with Crippen LogP contribution in [0, 0.1) is 11.8 Å². The van der Waals surface area contributed by atoms with Gasteiger partial charge in [0.2, 0.25) is 10.0 Å². The van der Waals surface area contributed by atoms with E-state index in [1.165, 1.54) is 0 Å². The highest BCUT2D eigenvalue weighted by molar-refractivity contribution is 7.90. The van der Waals surface area contributed by atoms with Gasteiger partial charge in [0, 0.05) is 35.9 Å². The average Bonchev–Trinajstić information content (AvgIpc) is 2.99. The number of rotatable bonds is 6. The molecule has 4 fully saturated rings. The zero-order chi connectivity index (χ0) is 20.6. The van der Waals surface area contributed by atoms with Crippen molar-refractivity contribution in [2.45, 2.75) is 105 Å². The zero-order valence-corrected chi connectivity index (χ0v) is 19.5. The fraction of sp³-hybridized carbons (Fsp3) is 1.00. The van der Waals surface area contributed by atoms with E-state index in [0.717, 1.165) is 70.6 Å². The van der Waals surface area contributed by atoms with Crippen LogP contribution in [0.25, 0.3) is 0 Å². The molecule has 0 radical (unpaired) electrons. The average molecular weight is 468 g/mol. The van der Waals surface area contributed by atoms with Gasteiger partial charge in [-0.3, -0.25) is 4.90 Å². The summed E-state index contributed by atoms with van der Waals surface area (Å²) in [5.74, 6) is 1.12. The Morgan fingerprint density at radius 2 is 1.45 bits per heavy atom. The monoisotopic (exact) mass is 466 g/mol. The minimum absolute atomic E-state index is 0.111. The second-order valence-electron chi connectivity index (χ2n) is 9.79. The minimum Gasteiger partial charge on any atom is -0.390 e. The molecular weight excluding hydrogens is 431 g/mol. The number of sulfonamides is 1. The SMILES string of the molecule is O=S(=O)(NCC(O)CN1C2CCC(Cl)CC2C2CC(Cl)CCC21)C1CCCCC1. The van der Waals surface area contributed by atoms with Crippen molar-refractivity contribution in [2.24, 2.45) is 11.8 Å². The van der Waals surface area contributed by atoms with Crippen LogP contribution in [0.15, 0.2) is 0 Å². The normalized spacial score (nSPS) is 40.4. The van der Waals surface area contributed by atoms with Gasteiger partial charge in [0.15, 0.2) is 0 Å². The number of aliphatic hydroxyl groups is 1. The lowest BCUT2D eigenvalue weighted by atomic mass is 9.73. The summed E-state index contributed by atoms with van der Waals surface area (Å²) in [6, 6.07) is 0.901. The van der Waals surface area contributed by atoms with Gasteiger partial charge in [-0.1, -0.05) is 19.3 Å². The molecule has 2 N–H and O–H groups in total. The summed E-state index contributed by atoms with van der Waals surface area (Å²) in [7, 11) is -3.34. The lowest BCUT2D eigenvalue weighted by Gasteiger charge is -2.37. The second kappa shape index (κ2) is 9.50. The predicted molar refractivity (Wildman–Crippen MR) is 118 cm³/mol. The number of hydrogen-bond donors (Lipinski definition) is 2. The van der Waals surface area contributed by atoms with Crippen LogP contribution >= 0.6 is 23.2 Å². The largest absolute Gasteiger partial charge is 0.390 e. The standard InChI is InChI=1S/C21H36Cl2N2O3S/c22-14-6-8-20-18(10-14)19-11-15(23)7-9-21(19)25(20)13-16(26)12-24-29(27,28)17-4-2-1-3-5-17/h14-21,24,26H,1-13H2. The van der Waals surface area contributed by atoms with Crippen molar-refractivity contribution < 1.29 is 13.5 Å². The molecule has 0 amide bonds. The van der Waals surface area contributed by atoms with Crippen LogP contribution in [0.5, 0.6) is 0 Å². The molecule has 1 saturated heterocycles. The maximum Gasteiger partial charge on any atom is 0.214 e. The Kier molecular flexibility index (Phi) is 7.40. The number of nitrogens with one attached hydrogen (secondary N) is 1. The number of halogens is 2. The molecule has 0 aromatic carbocycles. The number of nitrogens with zero attached hydrogens (tertiary/aromatic N) is 1. The van der Waals surface area contributed by atoms with Crippen molar-refractivity contribution in [2.75, 3.05) is 13.1 Å². The molecule has 3 saturated carbocycles. The van der Waals surface area contributed by atoms with Gasteiger partial charge in [-0.2, -0.15) is 0 Å². The lowest BCUT2D eigenvalue weighted by molar-refractivity contribution is 0.0651. The summed E-state index contributed by atoms with van der Waals surface area (Å²) in [4.78, 5) is 2.49. The first-order valence-electron chi connectivity index (χ1n) is 11.6. The molecule has 0 bridgehead atoms. The van der Waals surface area contributed by atoms with Crippen LogP contribution in [0.4, 0.5) is 0 Å². The van der Waals surface area contributed by atoms with E-state index in [4.69, 9.17) is 23.2 Å². The number of alkyl halides is 2. The molecule has 1 heterocycles. The molecule has 0 aromatic rings. The van der Waals surface area contributed by atoms with Crippen LogP contribution < -0.4 is 4.72 Å². The van der Waals surface area contributed by atoms with Crippen molar-refractivity contribution in [3.05, 3.63) is 0 Å². The van der Waals surface area contributed by atoms with E-state index < -0.39 is 16.1 Å². The highest BCUT2D eigenvalue weighted by Crippen LogP contribution is 2.50. The fourth-order valence-electron chi connectivity index (χ4n) is 6.55. The summed E-state index contributed by atoms with van der Waals surface area (Å²) < 4.78 is 27.9. The summed E-state index contributed by atoms with van der Waals surface area (Å²) in [5.41, 5.74) is 0. The lowest BCUT2D eigenvalue weighted by Crippen LogP contribution is -2.48. The zero-order valence-electron chi connectivity index (χ0n) is 17.2. The Bertz CT molecular complexity index is 632. The maximum atomic E-state index is 12.6. The van der Waals surface area contributed by atoms with Crippen LogP contribution in [0.1, 0.15) is 70.6 Å². The summed E-state index contributed by atoms with van der Waals surface area (Å²) >= 11 is 13.0. The molecule has 1 aliphatic heterocycles. The third-order valence-electron chi connectivity index (χ3n) is 7.93. The number of hydrogen-bond acceptors (Lipinski definition) is 4. The summed E-state index contributed by atoms with van der Waals surface area (Å²) in [6.07, 6.45) is 10.1. The highest BCUT2D eigenvalue weighted by Gasteiger charge is 2.52. The van der Waals surface area contributed by atoms with Gasteiger partial charge < -0.3 is 5.11 Å². The first-order valence-corrected chi connectivity index (χ1v) is 14.0. The number of fused-ring (bicyclic) bond motifs is 3. The van der Waals surface area contributed by atoms with Crippen molar-refractivity contribution in [3.63, 3.8) is 0 Å². The Hall–Kier alpha value is 0.410. The molecule has 0 spiro atoms. The molecule has 7 unspecified atom stereocenters. The van der Waals surface area contributed by atoms with Crippen LogP contribution in [0.2, 0.25) is 0 Å². The Morgan fingerprint density at radius 1 is 0.897 bits per heavy atom. The molecule has 0 aromatic heterocycles. The van der Waals surface area contributed by atoms with Crippen molar-refractivity contribution in [1.82, 2.24) is 9.62 Å². The van der Waals surface area contributed by atoms with Gasteiger partial charge in [0.25, 0.3) is 0 Å². The number of β-amino-alcohol motifs (C(OH)–C–C–N with tert-alkyl or cyclic N) is 1. The van der Waals surface area contributed by atoms with E-state index in [1.807, 2.05) is 0 Å². The van der Waals surface area contributed by atoms with Crippen LogP contribution in [0.3, 0.4) is 0 Å². The third-order valence-corrected chi connectivity index (χ3v) is 10.6. The van der Waals surface area contributed by atoms with Gasteiger partial charge in [-0.25, -0.2) is 13.1 Å². The van der Waals surface area contributed by atoms with Gasteiger partial charge in [-0.05, 0) is 63.2 Å². The molecular formula is C21H36Cl2N2O3S. The molecule has 3 aliphatic carbocycles. The van der Waals surface area contributed by atoms with Gasteiger partial charge in [0.1, 0.15) is 0 Å². The van der Waals surface area contributed by atoms with Crippen molar-refractivity contribution >= 4 is 33.2 Å². The number of likely N-dealkylation sites (tertiary alicyclic amines) is 1. The molecule has 4 rings (SSSR count). The van der Waals surface area contributed by atoms with Gasteiger partial charge in [-0.15, -0.1) is 23.2 Å². The quantitative estimate of drug-likeness (QED) is 0.587. The molecule has 29 heavy (non-hydrogen) atoms. The molecule has 168 valence electrons. The molecule has 8 heteroatoms. The second-order valence-corrected chi connectivity index (χ2v) is 13.1. The Morgan fingerprint density at radius 3 is 2.00 bits per heavy atom. The van der Waals surface area contributed by atoms with Crippen LogP contribution in [-0.2, 0) is 10.0 Å². The molecule has 4 aliphatic rings. The molecule has 5 nitrogen and oxygen atoms in total. The van der Waals surface area contributed by atoms with E-state index in [2.05, 4.69) is 9.62 Å². The van der Waals surface area contributed by atoms with E-state index in [1.54, 1.807) is 0 Å². The van der Waals surface area contributed by atoms with Crippen molar-refractivity contribution in [3.8, 4) is 0 Å². The topological polar surface area (TPSA) is 69.6 Å². The summed E-state index contributed by atoms with van der Waals surface area (Å²) in [6.45, 7) is 0.649. The van der Waals surface area contributed by atoms with Crippen LogP contribution in [-0.4, -0.2) is 65.7 Å². The fourth-order valence-corrected chi connectivity index (χ4v) is 8.82. The maximum absolute atomic E-state index is 12.6. The van der Waals surface area contributed by atoms with Gasteiger partial charge in [0.05, 0.1) is 11.4 Å². The van der Waals surface area contributed by atoms with E-state index in [0.29, 0.717) is 30.5 Å². The third kappa shape index (κ3) is 5.09. The minimum atomic E-state index is -3.34. The Labute approximate surface area is 185 Å².